The predicted octanol–water partition coefficient (Wildman–Crippen LogP) is 3.56. The van der Waals surface area contributed by atoms with Crippen LogP contribution in [0.25, 0.3) is 0 Å². The number of nitrogens with zero attached hydrogens (tertiary/aromatic N) is 2. The van der Waals surface area contributed by atoms with E-state index in [1.807, 2.05) is 19.9 Å². The minimum atomic E-state index is 0.458. The summed E-state index contributed by atoms with van der Waals surface area (Å²) in [4.78, 5) is 4.50. The van der Waals surface area contributed by atoms with E-state index in [4.69, 9.17) is 0 Å². The predicted molar refractivity (Wildman–Crippen MR) is 73.5 cm³/mol. The SMILES string of the molecule is Cc1cc(C)c(C#N)c(NC2CCCCC2C)n1. The molecule has 0 bridgehead atoms. The summed E-state index contributed by atoms with van der Waals surface area (Å²) in [5.74, 6) is 1.43. The van der Waals surface area contributed by atoms with Crippen LogP contribution in [0.4, 0.5) is 5.82 Å². The quantitative estimate of drug-likeness (QED) is 0.864. The molecular weight excluding hydrogens is 222 g/mol. The second-order valence-corrected chi connectivity index (χ2v) is 5.43. The first kappa shape index (κ1) is 12.9. The van der Waals surface area contributed by atoms with Gasteiger partial charge in [0.05, 0.1) is 5.56 Å². The van der Waals surface area contributed by atoms with Gasteiger partial charge >= 0.3 is 0 Å². The van der Waals surface area contributed by atoms with Crippen molar-refractivity contribution >= 4 is 5.82 Å². The van der Waals surface area contributed by atoms with Crippen molar-refractivity contribution in [3.8, 4) is 6.07 Å². The van der Waals surface area contributed by atoms with Gasteiger partial charge in [-0.1, -0.05) is 19.8 Å². The molecule has 3 heteroatoms. The third-order valence-electron chi connectivity index (χ3n) is 3.89. The van der Waals surface area contributed by atoms with Crippen LogP contribution in [0, 0.1) is 31.1 Å². The molecule has 1 fully saturated rings. The summed E-state index contributed by atoms with van der Waals surface area (Å²) < 4.78 is 0. The highest BCUT2D eigenvalue weighted by Gasteiger charge is 2.22. The van der Waals surface area contributed by atoms with E-state index in [0.717, 1.165) is 17.1 Å². The first-order valence-corrected chi connectivity index (χ1v) is 6.76. The molecule has 0 aliphatic heterocycles. The van der Waals surface area contributed by atoms with E-state index in [1.165, 1.54) is 25.7 Å². The number of hydrogen-bond donors (Lipinski definition) is 1. The van der Waals surface area contributed by atoms with Crippen LogP contribution in [0.15, 0.2) is 6.07 Å². The van der Waals surface area contributed by atoms with Gasteiger partial charge < -0.3 is 5.32 Å². The fourth-order valence-corrected chi connectivity index (χ4v) is 2.79. The molecule has 1 aromatic rings. The molecule has 0 aromatic carbocycles. The zero-order valence-electron chi connectivity index (χ0n) is 11.5. The van der Waals surface area contributed by atoms with Gasteiger partial charge in [0.2, 0.25) is 0 Å². The topological polar surface area (TPSA) is 48.7 Å². The van der Waals surface area contributed by atoms with Crippen LogP contribution in [-0.4, -0.2) is 11.0 Å². The summed E-state index contributed by atoms with van der Waals surface area (Å²) in [5, 5.41) is 12.8. The molecule has 2 unspecified atom stereocenters. The van der Waals surface area contributed by atoms with Crippen LogP contribution in [-0.2, 0) is 0 Å². The molecule has 0 spiro atoms. The molecule has 18 heavy (non-hydrogen) atoms. The van der Waals surface area contributed by atoms with Crippen LogP contribution < -0.4 is 5.32 Å². The Hall–Kier alpha value is -1.56. The minimum absolute atomic E-state index is 0.458. The molecule has 1 heterocycles. The molecule has 96 valence electrons. The maximum absolute atomic E-state index is 9.26. The fourth-order valence-electron chi connectivity index (χ4n) is 2.79. The average Bonchev–Trinajstić information content (AvgIpc) is 2.31. The number of rotatable bonds is 2. The van der Waals surface area contributed by atoms with Crippen molar-refractivity contribution in [1.29, 1.82) is 5.26 Å². The standard InChI is InChI=1S/C15H21N3/c1-10-6-4-5-7-14(10)18-15-13(9-16)11(2)8-12(3)17-15/h8,10,14H,4-7H2,1-3H3,(H,17,18). The summed E-state index contributed by atoms with van der Waals surface area (Å²) in [6.45, 7) is 6.23. The van der Waals surface area contributed by atoms with Gasteiger partial charge in [-0.2, -0.15) is 5.26 Å². The fraction of sp³-hybridized carbons (Fsp3) is 0.600. The maximum Gasteiger partial charge on any atom is 0.144 e. The monoisotopic (exact) mass is 243 g/mol. The molecule has 1 N–H and O–H groups in total. The molecule has 1 aliphatic rings. The lowest BCUT2D eigenvalue weighted by atomic mass is 9.86. The van der Waals surface area contributed by atoms with Crippen molar-refractivity contribution in [2.75, 3.05) is 5.32 Å². The van der Waals surface area contributed by atoms with Crippen molar-refractivity contribution in [1.82, 2.24) is 4.98 Å². The van der Waals surface area contributed by atoms with Crippen LogP contribution in [0.2, 0.25) is 0 Å². The van der Waals surface area contributed by atoms with Crippen LogP contribution in [0.3, 0.4) is 0 Å². The largest absolute Gasteiger partial charge is 0.366 e. The van der Waals surface area contributed by atoms with E-state index < -0.39 is 0 Å². The molecule has 3 nitrogen and oxygen atoms in total. The number of hydrogen-bond acceptors (Lipinski definition) is 3. The van der Waals surface area contributed by atoms with Crippen molar-refractivity contribution < 1.29 is 0 Å². The molecule has 0 radical (unpaired) electrons. The molecule has 2 atom stereocenters. The van der Waals surface area contributed by atoms with Gasteiger partial charge in [0.25, 0.3) is 0 Å². The van der Waals surface area contributed by atoms with E-state index in [1.54, 1.807) is 0 Å². The molecule has 0 amide bonds. The van der Waals surface area contributed by atoms with Crippen molar-refractivity contribution in [2.45, 2.75) is 52.5 Å². The van der Waals surface area contributed by atoms with E-state index in [2.05, 4.69) is 23.3 Å². The molecule has 1 aliphatic carbocycles. The second kappa shape index (κ2) is 5.39. The smallest absolute Gasteiger partial charge is 0.144 e. The summed E-state index contributed by atoms with van der Waals surface area (Å²) in [6.07, 6.45) is 5.05. The van der Waals surface area contributed by atoms with Crippen LogP contribution >= 0.6 is 0 Å². The summed E-state index contributed by atoms with van der Waals surface area (Å²) in [6, 6.07) is 4.69. The molecule has 0 saturated heterocycles. The zero-order valence-corrected chi connectivity index (χ0v) is 11.5. The lowest BCUT2D eigenvalue weighted by molar-refractivity contribution is 0.349. The van der Waals surface area contributed by atoms with Crippen molar-refractivity contribution in [3.63, 3.8) is 0 Å². The second-order valence-electron chi connectivity index (χ2n) is 5.43. The van der Waals surface area contributed by atoms with Gasteiger partial charge in [0.1, 0.15) is 11.9 Å². The third kappa shape index (κ3) is 2.64. The average molecular weight is 243 g/mol. The number of aromatic nitrogens is 1. The summed E-state index contributed by atoms with van der Waals surface area (Å²) in [7, 11) is 0. The Labute approximate surface area is 109 Å². The van der Waals surface area contributed by atoms with Gasteiger partial charge in [-0.25, -0.2) is 4.98 Å². The summed E-state index contributed by atoms with van der Waals surface area (Å²) >= 11 is 0. The number of pyridine rings is 1. The number of nitriles is 1. The minimum Gasteiger partial charge on any atom is -0.366 e. The Morgan fingerprint density at radius 3 is 2.72 bits per heavy atom. The highest BCUT2D eigenvalue weighted by atomic mass is 15.0. The van der Waals surface area contributed by atoms with Crippen molar-refractivity contribution in [3.05, 3.63) is 22.9 Å². The summed E-state index contributed by atoms with van der Waals surface area (Å²) in [5.41, 5.74) is 2.67. The van der Waals surface area contributed by atoms with Gasteiger partial charge in [-0.15, -0.1) is 0 Å². The Morgan fingerprint density at radius 1 is 1.33 bits per heavy atom. The van der Waals surface area contributed by atoms with E-state index in [-0.39, 0.29) is 0 Å². The van der Waals surface area contributed by atoms with Gasteiger partial charge in [-0.05, 0) is 44.2 Å². The van der Waals surface area contributed by atoms with E-state index >= 15 is 0 Å². The Kier molecular flexibility index (Phi) is 3.86. The lowest BCUT2D eigenvalue weighted by Crippen LogP contribution is -2.31. The Morgan fingerprint density at radius 2 is 2.06 bits per heavy atom. The Balaban J connectivity index is 2.25. The van der Waals surface area contributed by atoms with Crippen molar-refractivity contribution in [2.24, 2.45) is 5.92 Å². The molecule has 1 aromatic heterocycles. The third-order valence-corrected chi connectivity index (χ3v) is 3.89. The molecular formula is C15H21N3. The van der Waals surface area contributed by atoms with E-state index in [0.29, 0.717) is 17.5 Å². The number of aryl methyl sites for hydroxylation is 2. The van der Waals surface area contributed by atoms with Gasteiger partial charge in [0, 0.05) is 11.7 Å². The zero-order chi connectivity index (χ0) is 13.1. The molecule has 1 saturated carbocycles. The van der Waals surface area contributed by atoms with E-state index in [9.17, 15) is 5.26 Å². The number of nitrogens with one attached hydrogen (secondary N) is 1. The Bertz CT molecular complexity index is 473. The van der Waals surface area contributed by atoms with Crippen LogP contribution in [0.1, 0.15) is 49.4 Å². The molecule has 2 rings (SSSR count). The number of anilines is 1. The lowest BCUT2D eigenvalue weighted by Gasteiger charge is -2.30. The first-order chi connectivity index (χ1) is 8.61. The highest BCUT2D eigenvalue weighted by Crippen LogP contribution is 2.28. The normalized spacial score (nSPS) is 23.4. The van der Waals surface area contributed by atoms with Gasteiger partial charge in [-0.3, -0.25) is 0 Å². The van der Waals surface area contributed by atoms with Gasteiger partial charge in [0.15, 0.2) is 0 Å². The van der Waals surface area contributed by atoms with Crippen LogP contribution in [0.5, 0.6) is 0 Å². The highest BCUT2D eigenvalue weighted by molar-refractivity contribution is 5.56. The first-order valence-electron chi connectivity index (χ1n) is 6.76. The maximum atomic E-state index is 9.26.